The fourth-order valence-corrected chi connectivity index (χ4v) is 1.49. The number of tetrazole rings is 1. The van der Waals surface area contributed by atoms with Crippen LogP contribution < -0.4 is 0 Å². The minimum atomic E-state index is -0.292. The Morgan fingerprint density at radius 3 is 2.86 bits per heavy atom. The summed E-state index contributed by atoms with van der Waals surface area (Å²) >= 11 is 3.11. The normalized spacial score (nSPS) is 10.5. The molecule has 0 saturated carbocycles. The topological polar surface area (TPSA) is 43.6 Å². The molecule has 0 saturated heterocycles. The molecular weight excluding hydrogens is 251 g/mol. The molecule has 0 radical (unpaired) electrons. The van der Waals surface area contributed by atoms with Gasteiger partial charge in [0, 0.05) is 0 Å². The fraction of sp³-hybridized carbons (Fsp3) is 0.125. The van der Waals surface area contributed by atoms with Crippen LogP contribution in [0, 0.1) is 12.7 Å². The van der Waals surface area contributed by atoms with Gasteiger partial charge in [0.25, 0.3) is 0 Å². The largest absolute Gasteiger partial charge is 0.206 e. The van der Waals surface area contributed by atoms with Crippen LogP contribution in [0.5, 0.6) is 0 Å². The van der Waals surface area contributed by atoms with Crippen LogP contribution in [0.15, 0.2) is 22.9 Å². The van der Waals surface area contributed by atoms with Crippen LogP contribution in [0.4, 0.5) is 4.39 Å². The lowest BCUT2D eigenvalue weighted by Gasteiger charge is -2.05. The van der Waals surface area contributed by atoms with Gasteiger partial charge in [-0.15, -0.1) is 5.10 Å². The second-order valence-corrected chi connectivity index (χ2v) is 3.66. The zero-order valence-electron chi connectivity index (χ0n) is 7.28. The van der Waals surface area contributed by atoms with E-state index in [9.17, 15) is 4.39 Å². The zero-order chi connectivity index (χ0) is 10.1. The van der Waals surface area contributed by atoms with Crippen molar-refractivity contribution in [3.63, 3.8) is 0 Å². The van der Waals surface area contributed by atoms with Crippen molar-refractivity contribution in [3.05, 3.63) is 34.3 Å². The molecule has 6 heteroatoms. The minimum Gasteiger partial charge on any atom is -0.206 e. The third-order valence-corrected chi connectivity index (χ3v) is 2.44. The van der Waals surface area contributed by atoms with E-state index in [0.29, 0.717) is 4.47 Å². The van der Waals surface area contributed by atoms with Gasteiger partial charge >= 0.3 is 0 Å². The van der Waals surface area contributed by atoms with Crippen LogP contribution in [-0.4, -0.2) is 20.2 Å². The van der Waals surface area contributed by atoms with E-state index in [1.54, 1.807) is 13.0 Å². The summed E-state index contributed by atoms with van der Waals surface area (Å²) in [7, 11) is 0. The van der Waals surface area contributed by atoms with E-state index in [4.69, 9.17) is 0 Å². The molecule has 0 aliphatic heterocycles. The molecule has 4 nitrogen and oxygen atoms in total. The number of aromatic nitrogens is 4. The quantitative estimate of drug-likeness (QED) is 0.783. The standard InChI is InChI=1S/C8H6BrFN4/c1-5-2-7(10)6(9)3-8(5)14-4-11-12-13-14/h2-4H,1H3. The summed E-state index contributed by atoms with van der Waals surface area (Å²) in [6.07, 6.45) is 1.46. The van der Waals surface area contributed by atoms with Crippen molar-refractivity contribution in [1.82, 2.24) is 20.2 Å². The van der Waals surface area contributed by atoms with Crippen molar-refractivity contribution in [1.29, 1.82) is 0 Å². The third-order valence-electron chi connectivity index (χ3n) is 1.83. The van der Waals surface area contributed by atoms with Gasteiger partial charge < -0.3 is 0 Å². The van der Waals surface area contributed by atoms with E-state index in [1.165, 1.54) is 17.1 Å². The molecule has 0 spiro atoms. The second-order valence-electron chi connectivity index (χ2n) is 2.81. The van der Waals surface area contributed by atoms with E-state index >= 15 is 0 Å². The first-order valence-corrected chi connectivity index (χ1v) is 4.67. The van der Waals surface area contributed by atoms with Crippen LogP contribution >= 0.6 is 15.9 Å². The van der Waals surface area contributed by atoms with Crippen LogP contribution in [-0.2, 0) is 0 Å². The van der Waals surface area contributed by atoms with Crippen molar-refractivity contribution in [2.75, 3.05) is 0 Å². The first-order chi connectivity index (χ1) is 6.68. The lowest BCUT2D eigenvalue weighted by Crippen LogP contribution is -1.99. The van der Waals surface area contributed by atoms with Gasteiger partial charge in [-0.1, -0.05) is 0 Å². The van der Waals surface area contributed by atoms with E-state index in [-0.39, 0.29) is 5.82 Å². The van der Waals surface area contributed by atoms with Crippen molar-refractivity contribution >= 4 is 15.9 Å². The highest BCUT2D eigenvalue weighted by Crippen LogP contribution is 2.22. The summed E-state index contributed by atoms with van der Waals surface area (Å²) in [5, 5.41) is 10.8. The highest BCUT2D eigenvalue weighted by atomic mass is 79.9. The highest BCUT2D eigenvalue weighted by molar-refractivity contribution is 9.10. The molecule has 1 heterocycles. The van der Waals surface area contributed by atoms with Gasteiger partial charge in [0.2, 0.25) is 0 Å². The Bertz CT molecular complexity index is 455. The summed E-state index contributed by atoms with van der Waals surface area (Å²) in [6.45, 7) is 1.80. The van der Waals surface area contributed by atoms with Gasteiger partial charge in [0.1, 0.15) is 12.1 Å². The third kappa shape index (κ3) is 1.52. The number of hydrogen-bond acceptors (Lipinski definition) is 3. The number of aryl methyl sites for hydroxylation is 1. The number of halogens is 2. The minimum absolute atomic E-state index is 0.292. The first-order valence-electron chi connectivity index (χ1n) is 3.87. The second kappa shape index (κ2) is 3.45. The molecule has 0 fully saturated rings. The molecule has 0 unspecified atom stereocenters. The van der Waals surface area contributed by atoms with Crippen LogP contribution in [0.25, 0.3) is 5.69 Å². The van der Waals surface area contributed by atoms with Gasteiger partial charge in [-0.2, -0.15) is 0 Å². The first kappa shape index (κ1) is 9.26. The van der Waals surface area contributed by atoms with Gasteiger partial charge in [-0.05, 0) is 51.0 Å². The number of benzene rings is 1. The molecule has 0 aliphatic carbocycles. The Labute approximate surface area is 87.9 Å². The zero-order valence-corrected chi connectivity index (χ0v) is 8.86. The average molecular weight is 257 g/mol. The average Bonchev–Trinajstić information content (AvgIpc) is 2.64. The summed E-state index contributed by atoms with van der Waals surface area (Å²) < 4.78 is 15.0. The van der Waals surface area contributed by atoms with E-state index in [1.807, 2.05) is 0 Å². The van der Waals surface area contributed by atoms with Gasteiger partial charge in [-0.3, -0.25) is 0 Å². The molecule has 0 bridgehead atoms. The summed E-state index contributed by atoms with van der Waals surface area (Å²) in [6, 6.07) is 3.07. The van der Waals surface area contributed by atoms with E-state index < -0.39 is 0 Å². The number of nitrogens with zero attached hydrogens (tertiary/aromatic N) is 4. The summed E-state index contributed by atoms with van der Waals surface area (Å²) in [4.78, 5) is 0. The molecule has 0 atom stereocenters. The van der Waals surface area contributed by atoms with Crippen molar-refractivity contribution in [3.8, 4) is 5.69 Å². The maximum Gasteiger partial charge on any atom is 0.143 e. The van der Waals surface area contributed by atoms with Gasteiger partial charge in [-0.25, -0.2) is 9.07 Å². The molecular formula is C8H6BrFN4. The lowest BCUT2D eigenvalue weighted by molar-refractivity contribution is 0.618. The van der Waals surface area contributed by atoms with Gasteiger partial charge in [0.15, 0.2) is 0 Å². The Morgan fingerprint density at radius 2 is 2.21 bits per heavy atom. The van der Waals surface area contributed by atoms with Crippen molar-refractivity contribution in [2.45, 2.75) is 6.92 Å². The maximum atomic E-state index is 13.1. The van der Waals surface area contributed by atoms with Crippen LogP contribution in [0.1, 0.15) is 5.56 Å². The van der Waals surface area contributed by atoms with Gasteiger partial charge in [0.05, 0.1) is 10.2 Å². The lowest BCUT2D eigenvalue weighted by atomic mass is 10.2. The Hall–Kier alpha value is -1.30. The monoisotopic (exact) mass is 256 g/mol. The number of rotatable bonds is 1. The molecule has 72 valence electrons. The molecule has 0 aliphatic rings. The summed E-state index contributed by atoms with van der Waals surface area (Å²) in [5.74, 6) is -0.292. The highest BCUT2D eigenvalue weighted by Gasteiger charge is 2.07. The maximum absolute atomic E-state index is 13.1. The molecule has 14 heavy (non-hydrogen) atoms. The molecule has 2 aromatic rings. The predicted octanol–water partition coefficient (Wildman–Crippen LogP) is 1.87. The molecule has 1 aromatic carbocycles. The number of hydrogen-bond donors (Lipinski definition) is 0. The molecule has 1 aromatic heterocycles. The smallest absolute Gasteiger partial charge is 0.143 e. The van der Waals surface area contributed by atoms with E-state index in [2.05, 4.69) is 31.5 Å². The van der Waals surface area contributed by atoms with Crippen LogP contribution in [0.3, 0.4) is 0 Å². The van der Waals surface area contributed by atoms with Crippen LogP contribution in [0.2, 0.25) is 0 Å². The molecule has 0 N–H and O–H groups in total. The van der Waals surface area contributed by atoms with Crippen molar-refractivity contribution < 1.29 is 4.39 Å². The fourth-order valence-electron chi connectivity index (χ4n) is 1.15. The Morgan fingerprint density at radius 1 is 1.43 bits per heavy atom. The predicted molar refractivity (Wildman–Crippen MR) is 51.5 cm³/mol. The van der Waals surface area contributed by atoms with Crippen molar-refractivity contribution in [2.24, 2.45) is 0 Å². The van der Waals surface area contributed by atoms with E-state index in [0.717, 1.165) is 11.3 Å². The molecule has 2 rings (SSSR count). The Balaban J connectivity index is 2.60. The molecule has 0 amide bonds. The summed E-state index contributed by atoms with van der Waals surface area (Å²) in [5.41, 5.74) is 1.53. The Kier molecular flexibility index (Phi) is 2.28. The SMILES string of the molecule is Cc1cc(F)c(Br)cc1-n1cnnn1.